The lowest BCUT2D eigenvalue weighted by molar-refractivity contribution is 0.153. The van der Waals surface area contributed by atoms with E-state index in [1.54, 1.807) is 0 Å². The van der Waals surface area contributed by atoms with Crippen LogP contribution < -0.4 is 5.32 Å². The average molecular weight is 522 g/mol. The smallest absolute Gasteiger partial charge is 0.121 e. The van der Waals surface area contributed by atoms with Gasteiger partial charge in [-0.3, -0.25) is 9.88 Å². The van der Waals surface area contributed by atoms with Crippen molar-refractivity contribution in [2.24, 2.45) is 0 Å². The summed E-state index contributed by atoms with van der Waals surface area (Å²) in [6, 6.07) is 24.5. The first kappa shape index (κ1) is 25.0. The number of aryl methyl sites for hydroxylation is 2. The van der Waals surface area contributed by atoms with Gasteiger partial charge in [0.1, 0.15) is 5.82 Å². The Morgan fingerprint density at radius 3 is 2.68 bits per heavy atom. The second-order valence-electron chi connectivity index (χ2n) is 10.4. The summed E-state index contributed by atoms with van der Waals surface area (Å²) in [6.07, 6.45) is 5.36. The highest BCUT2D eigenvalue weighted by Crippen LogP contribution is 2.35. The number of benzene rings is 2. The van der Waals surface area contributed by atoms with Crippen molar-refractivity contribution >= 4 is 22.4 Å². The molecular weight excluding hydrogens is 486 g/mol. The molecule has 194 valence electrons. The Balaban J connectivity index is 1.20. The summed E-state index contributed by atoms with van der Waals surface area (Å²) in [5, 5.41) is 5.87. The second-order valence-corrected chi connectivity index (χ2v) is 11.4. The van der Waals surface area contributed by atoms with E-state index < -0.39 is 0 Å². The molecule has 1 aliphatic rings. The molecule has 0 amide bonds. The number of imidazole rings is 1. The van der Waals surface area contributed by atoms with Gasteiger partial charge < -0.3 is 10.3 Å². The maximum Gasteiger partial charge on any atom is 0.121 e. The molecule has 2 N–H and O–H groups in total. The molecule has 3 aromatic heterocycles. The van der Waals surface area contributed by atoms with Crippen LogP contribution in [0.15, 0.2) is 78.3 Å². The molecule has 0 bridgehead atoms. The van der Waals surface area contributed by atoms with Gasteiger partial charge in [0.2, 0.25) is 0 Å². The fourth-order valence-corrected chi connectivity index (χ4v) is 6.64. The van der Waals surface area contributed by atoms with Gasteiger partial charge in [0.15, 0.2) is 0 Å². The van der Waals surface area contributed by atoms with Crippen molar-refractivity contribution in [1.29, 1.82) is 0 Å². The fraction of sp³-hybridized carbons (Fsp3) is 0.312. The summed E-state index contributed by atoms with van der Waals surface area (Å²) < 4.78 is 0. The van der Waals surface area contributed by atoms with Gasteiger partial charge in [-0.1, -0.05) is 42.5 Å². The van der Waals surface area contributed by atoms with Crippen LogP contribution in [0.5, 0.6) is 0 Å². The number of aromatic amines is 1. The quantitative estimate of drug-likeness (QED) is 0.214. The van der Waals surface area contributed by atoms with E-state index in [2.05, 4.69) is 95.1 Å². The van der Waals surface area contributed by atoms with Crippen LogP contribution in [0.3, 0.4) is 0 Å². The fourth-order valence-electron chi connectivity index (χ4n) is 5.68. The van der Waals surface area contributed by atoms with Crippen molar-refractivity contribution in [1.82, 2.24) is 25.2 Å². The van der Waals surface area contributed by atoms with E-state index in [1.165, 1.54) is 39.2 Å². The van der Waals surface area contributed by atoms with E-state index in [-0.39, 0.29) is 6.04 Å². The first-order chi connectivity index (χ1) is 18.6. The second kappa shape index (κ2) is 11.2. The van der Waals surface area contributed by atoms with Crippen molar-refractivity contribution in [2.45, 2.75) is 64.8 Å². The molecule has 2 aromatic carbocycles. The number of fused-ring (bicyclic) bond motifs is 2. The third kappa shape index (κ3) is 5.44. The van der Waals surface area contributed by atoms with Crippen LogP contribution in [-0.2, 0) is 26.1 Å². The Hall–Kier alpha value is -3.32. The summed E-state index contributed by atoms with van der Waals surface area (Å²) >= 11 is 1.83. The number of hydrogen-bond acceptors (Lipinski definition) is 5. The van der Waals surface area contributed by atoms with Gasteiger partial charge >= 0.3 is 0 Å². The highest BCUT2D eigenvalue weighted by molar-refractivity contribution is 7.10. The Morgan fingerprint density at radius 1 is 1.03 bits per heavy atom. The van der Waals surface area contributed by atoms with Crippen LogP contribution in [-0.4, -0.2) is 19.9 Å². The van der Waals surface area contributed by atoms with Crippen molar-refractivity contribution in [3.63, 3.8) is 0 Å². The lowest BCUT2D eigenvalue weighted by atomic mass is 9.90. The number of aromatic nitrogens is 3. The van der Waals surface area contributed by atoms with Gasteiger partial charge in [0.25, 0.3) is 0 Å². The number of nitrogens with zero attached hydrogens (tertiary/aromatic N) is 3. The molecule has 3 heterocycles. The summed E-state index contributed by atoms with van der Waals surface area (Å²) in [4.78, 5) is 17.3. The largest absolute Gasteiger partial charge is 0.341 e. The summed E-state index contributed by atoms with van der Waals surface area (Å²) in [5.41, 5.74) is 8.72. The molecule has 0 saturated heterocycles. The molecular formula is C32H35N5S. The minimum atomic E-state index is 0.282. The van der Waals surface area contributed by atoms with Gasteiger partial charge in [-0.05, 0) is 85.0 Å². The summed E-state index contributed by atoms with van der Waals surface area (Å²) in [6.45, 7) is 6.92. The molecule has 0 saturated carbocycles. The Bertz CT molecular complexity index is 1470. The maximum atomic E-state index is 4.90. The third-order valence-corrected chi connectivity index (χ3v) is 8.92. The van der Waals surface area contributed by atoms with Gasteiger partial charge in [-0.15, -0.1) is 11.3 Å². The molecule has 38 heavy (non-hydrogen) atoms. The summed E-state index contributed by atoms with van der Waals surface area (Å²) in [5.74, 6) is 1.01. The molecule has 2 atom stereocenters. The zero-order valence-corrected chi connectivity index (χ0v) is 23.0. The minimum absolute atomic E-state index is 0.282. The van der Waals surface area contributed by atoms with E-state index in [0.29, 0.717) is 6.04 Å². The molecule has 6 heteroatoms. The molecule has 5 nitrogen and oxygen atoms in total. The van der Waals surface area contributed by atoms with E-state index in [0.717, 1.165) is 49.3 Å². The minimum Gasteiger partial charge on any atom is -0.341 e. The average Bonchev–Trinajstić information content (AvgIpc) is 3.57. The molecule has 0 spiro atoms. The molecule has 2 unspecified atom stereocenters. The molecule has 0 radical (unpaired) electrons. The van der Waals surface area contributed by atoms with Gasteiger partial charge in [0.05, 0.1) is 29.3 Å². The molecule has 6 rings (SSSR count). The third-order valence-electron chi connectivity index (χ3n) is 7.71. The highest BCUT2D eigenvalue weighted by atomic mass is 32.1. The van der Waals surface area contributed by atoms with Crippen LogP contribution in [0.25, 0.3) is 11.0 Å². The zero-order valence-electron chi connectivity index (χ0n) is 22.2. The Morgan fingerprint density at radius 2 is 1.87 bits per heavy atom. The van der Waals surface area contributed by atoms with E-state index in [4.69, 9.17) is 9.97 Å². The molecule has 5 aromatic rings. The molecule has 1 aliphatic carbocycles. The zero-order chi connectivity index (χ0) is 25.9. The van der Waals surface area contributed by atoms with Crippen molar-refractivity contribution in [2.75, 3.05) is 0 Å². The van der Waals surface area contributed by atoms with Gasteiger partial charge in [-0.25, -0.2) is 4.98 Å². The molecule has 0 fully saturated rings. The van der Waals surface area contributed by atoms with Crippen LogP contribution in [0.4, 0.5) is 0 Å². The molecule has 0 aliphatic heterocycles. The highest BCUT2D eigenvalue weighted by Gasteiger charge is 2.28. The Kier molecular flexibility index (Phi) is 7.36. The van der Waals surface area contributed by atoms with E-state index >= 15 is 0 Å². The topological polar surface area (TPSA) is 56.8 Å². The number of rotatable bonds is 9. The first-order valence-electron chi connectivity index (χ1n) is 13.6. The first-order valence-corrected chi connectivity index (χ1v) is 14.5. The normalized spacial score (nSPS) is 16.1. The predicted molar refractivity (Wildman–Crippen MR) is 156 cm³/mol. The van der Waals surface area contributed by atoms with Crippen LogP contribution in [0.1, 0.15) is 70.5 Å². The number of H-pyrrole nitrogens is 1. The van der Waals surface area contributed by atoms with Crippen molar-refractivity contribution < 1.29 is 0 Å². The standard InChI is InChI=1S/C32H35N5S/c1-22-16-18-38-32(22)23(2)34-19-24-12-14-25(15-13-24)20-37(21-30-35-27-9-3-4-10-28(27)36-30)29-11-5-7-26-8-6-17-33-31(26)29/h3-4,6,8-10,12-18,23,29,34H,5,7,11,19-21H2,1-2H3,(H,35,36). The van der Waals surface area contributed by atoms with Gasteiger partial charge in [-0.2, -0.15) is 0 Å². The lowest BCUT2D eigenvalue weighted by Gasteiger charge is -2.34. The van der Waals surface area contributed by atoms with Crippen molar-refractivity contribution in [3.05, 3.63) is 117 Å². The SMILES string of the molecule is Cc1ccsc1C(C)NCc1ccc(CN(Cc2nc3ccccc3[nH]2)C2CCCc3cccnc32)cc1. The Labute approximate surface area is 229 Å². The van der Waals surface area contributed by atoms with Crippen LogP contribution in [0.2, 0.25) is 0 Å². The van der Waals surface area contributed by atoms with Crippen LogP contribution >= 0.6 is 11.3 Å². The number of para-hydroxylation sites is 2. The number of hydrogen-bond donors (Lipinski definition) is 2. The monoisotopic (exact) mass is 521 g/mol. The maximum absolute atomic E-state index is 4.90. The predicted octanol–water partition coefficient (Wildman–Crippen LogP) is 7.26. The van der Waals surface area contributed by atoms with Gasteiger partial charge in [0, 0.05) is 30.2 Å². The van der Waals surface area contributed by atoms with E-state index in [1.807, 2.05) is 23.6 Å². The summed E-state index contributed by atoms with van der Waals surface area (Å²) in [7, 11) is 0. The van der Waals surface area contributed by atoms with E-state index in [9.17, 15) is 0 Å². The lowest BCUT2D eigenvalue weighted by Crippen LogP contribution is -2.31. The van der Waals surface area contributed by atoms with Crippen molar-refractivity contribution in [3.8, 4) is 0 Å². The number of pyridine rings is 1. The number of nitrogens with one attached hydrogen (secondary N) is 2. The van der Waals surface area contributed by atoms with Crippen LogP contribution in [0, 0.1) is 6.92 Å². The number of thiophene rings is 1.